The van der Waals surface area contributed by atoms with Gasteiger partial charge in [0, 0.05) is 49.0 Å². The molecule has 5 rings (SSSR count). The maximum atomic E-state index is 13.0. The molecule has 7 heteroatoms. The first-order chi connectivity index (χ1) is 14.9. The molecule has 0 saturated carbocycles. The Kier molecular flexibility index (Phi) is 6.34. The number of carbonyl (C=O) groups excluding carboxylic acids is 1. The van der Waals surface area contributed by atoms with Crippen molar-refractivity contribution in [1.29, 1.82) is 0 Å². The lowest BCUT2D eigenvalue weighted by Crippen LogP contribution is -2.42. The average Bonchev–Trinajstić information content (AvgIpc) is 3.29. The van der Waals surface area contributed by atoms with Crippen LogP contribution in [0.15, 0.2) is 48.7 Å². The number of nitrogens with one attached hydrogen (secondary N) is 1. The minimum absolute atomic E-state index is 0. The van der Waals surface area contributed by atoms with Gasteiger partial charge in [-0.05, 0) is 43.5 Å². The Morgan fingerprint density at radius 3 is 2.62 bits per heavy atom. The molecule has 0 spiro atoms. The third-order valence-corrected chi connectivity index (χ3v) is 7.48. The number of hydrogen-bond acceptors (Lipinski definition) is 2. The molecule has 168 valence electrons. The van der Waals surface area contributed by atoms with Crippen LogP contribution in [0.3, 0.4) is 0 Å². The highest BCUT2D eigenvalue weighted by Crippen LogP contribution is 2.41. The summed E-state index contributed by atoms with van der Waals surface area (Å²) >= 11 is 12.5. The maximum Gasteiger partial charge on any atom is 0.237 e. The van der Waals surface area contributed by atoms with Gasteiger partial charge in [-0.3, -0.25) is 9.69 Å². The van der Waals surface area contributed by atoms with Crippen molar-refractivity contribution in [3.05, 3.63) is 69.8 Å². The van der Waals surface area contributed by atoms with Gasteiger partial charge in [0.1, 0.15) is 0 Å². The smallest absolute Gasteiger partial charge is 0.237 e. The van der Waals surface area contributed by atoms with Crippen LogP contribution in [-0.4, -0.2) is 42.0 Å². The van der Waals surface area contributed by atoms with Crippen molar-refractivity contribution in [3.63, 3.8) is 0 Å². The molecule has 2 aliphatic rings. The lowest BCUT2D eigenvalue weighted by atomic mass is 9.86. The van der Waals surface area contributed by atoms with Crippen LogP contribution < -0.4 is 4.90 Å². The number of nitrogens with zero attached hydrogens (tertiary/aromatic N) is 2. The molecule has 0 fully saturated rings. The molecular weight excluding hydrogens is 465 g/mol. The predicted molar refractivity (Wildman–Crippen MR) is 136 cm³/mol. The Labute approximate surface area is 204 Å². The van der Waals surface area contributed by atoms with Crippen LogP contribution in [0.4, 0.5) is 5.69 Å². The second kappa shape index (κ2) is 8.75. The van der Waals surface area contributed by atoms with Crippen LogP contribution >= 0.6 is 35.6 Å². The van der Waals surface area contributed by atoms with E-state index in [4.69, 9.17) is 23.2 Å². The average molecular weight is 491 g/mol. The summed E-state index contributed by atoms with van der Waals surface area (Å²) < 4.78 is 0. The van der Waals surface area contributed by atoms with Crippen LogP contribution in [0.5, 0.6) is 0 Å². The van der Waals surface area contributed by atoms with E-state index >= 15 is 0 Å². The molecule has 1 aromatic heterocycles. The number of anilines is 1. The Morgan fingerprint density at radius 2 is 1.88 bits per heavy atom. The van der Waals surface area contributed by atoms with E-state index in [1.807, 2.05) is 49.2 Å². The maximum absolute atomic E-state index is 13.0. The van der Waals surface area contributed by atoms with E-state index in [2.05, 4.69) is 28.1 Å². The molecule has 0 radical (unpaired) electrons. The van der Waals surface area contributed by atoms with Crippen molar-refractivity contribution in [2.75, 3.05) is 31.1 Å². The van der Waals surface area contributed by atoms with Crippen molar-refractivity contribution in [1.82, 2.24) is 9.88 Å². The van der Waals surface area contributed by atoms with Crippen LogP contribution in [0.25, 0.3) is 16.5 Å². The zero-order valence-electron chi connectivity index (χ0n) is 18.1. The number of rotatable bonds is 4. The van der Waals surface area contributed by atoms with E-state index in [0.29, 0.717) is 16.6 Å². The van der Waals surface area contributed by atoms with Crippen LogP contribution in [0, 0.1) is 0 Å². The molecule has 0 saturated heterocycles. The summed E-state index contributed by atoms with van der Waals surface area (Å²) in [5.41, 5.74) is 5.13. The molecule has 1 N–H and O–H groups in total. The first kappa shape index (κ1) is 23.2. The fraction of sp³-hybridized carbons (Fsp3) is 0.320. The molecule has 3 aromatic rings. The van der Waals surface area contributed by atoms with E-state index in [9.17, 15) is 4.79 Å². The summed E-state index contributed by atoms with van der Waals surface area (Å²) in [6.45, 7) is 7.44. The zero-order chi connectivity index (χ0) is 21.8. The summed E-state index contributed by atoms with van der Waals surface area (Å²) in [5.74, 6) is 0.191. The van der Waals surface area contributed by atoms with E-state index in [0.717, 1.165) is 48.2 Å². The van der Waals surface area contributed by atoms with Gasteiger partial charge in [-0.1, -0.05) is 53.5 Å². The second-order valence-corrected chi connectivity index (χ2v) is 9.65. The lowest BCUT2D eigenvalue weighted by Gasteiger charge is -2.29. The summed E-state index contributed by atoms with van der Waals surface area (Å²) in [7, 11) is 0. The first-order valence-electron chi connectivity index (χ1n) is 10.7. The minimum atomic E-state index is -0.453. The standard InChI is InChI=1S/C25H25Cl2N3O.ClH/c1-25(2)19-5-3-4-6-21(19)30(24(25)31)14-13-29-11-9-16(10-12-29)18-15-28-23-17(18)7-8-20(26)22(23)27;/h3-9,15,28H,10-14H2,1-2H3;1H. The van der Waals surface area contributed by atoms with Gasteiger partial charge in [0.25, 0.3) is 0 Å². The third-order valence-electron chi connectivity index (χ3n) is 6.67. The Balaban J connectivity index is 0.00000245. The van der Waals surface area contributed by atoms with E-state index in [1.54, 1.807) is 0 Å². The van der Waals surface area contributed by atoms with Gasteiger partial charge in [-0.2, -0.15) is 0 Å². The monoisotopic (exact) mass is 489 g/mol. The van der Waals surface area contributed by atoms with Gasteiger partial charge in [-0.25, -0.2) is 0 Å². The quantitative estimate of drug-likeness (QED) is 0.465. The van der Waals surface area contributed by atoms with Crippen molar-refractivity contribution >= 4 is 63.7 Å². The first-order valence-corrected chi connectivity index (χ1v) is 11.4. The number of para-hydroxylation sites is 1. The highest BCUT2D eigenvalue weighted by Gasteiger charge is 2.43. The normalized spacial score (nSPS) is 17.9. The van der Waals surface area contributed by atoms with Gasteiger partial charge in [0.2, 0.25) is 5.91 Å². The van der Waals surface area contributed by atoms with Crippen molar-refractivity contribution in [2.24, 2.45) is 0 Å². The number of halogens is 3. The number of hydrogen-bond donors (Lipinski definition) is 1. The summed E-state index contributed by atoms with van der Waals surface area (Å²) in [6, 6.07) is 12.0. The SMILES string of the molecule is CC1(C)C(=O)N(CCN2CC=C(c3c[nH]c4c(Cl)c(Cl)ccc34)CC2)c2ccccc21.Cl. The molecule has 0 unspecified atom stereocenters. The minimum Gasteiger partial charge on any atom is -0.359 e. The number of aromatic nitrogens is 1. The van der Waals surface area contributed by atoms with Gasteiger partial charge in [0.05, 0.1) is 21.0 Å². The highest BCUT2D eigenvalue weighted by molar-refractivity contribution is 6.45. The molecule has 2 aliphatic heterocycles. The fourth-order valence-corrected chi connectivity index (χ4v) is 5.20. The topological polar surface area (TPSA) is 39.3 Å². The molecular formula is C25H26Cl3N3O. The largest absolute Gasteiger partial charge is 0.359 e. The molecule has 32 heavy (non-hydrogen) atoms. The Bertz CT molecular complexity index is 1210. The van der Waals surface area contributed by atoms with Crippen molar-refractivity contribution < 1.29 is 4.79 Å². The van der Waals surface area contributed by atoms with E-state index in [1.165, 1.54) is 11.1 Å². The number of carbonyl (C=O) groups is 1. The fourth-order valence-electron chi connectivity index (χ4n) is 4.83. The molecule has 1 amide bonds. The van der Waals surface area contributed by atoms with Crippen LogP contribution in [0.1, 0.15) is 31.4 Å². The Hall–Kier alpha value is -1.98. The number of fused-ring (bicyclic) bond motifs is 2. The van der Waals surface area contributed by atoms with Crippen LogP contribution in [0.2, 0.25) is 10.0 Å². The zero-order valence-corrected chi connectivity index (χ0v) is 20.4. The van der Waals surface area contributed by atoms with Gasteiger partial charge in [-0.15, -0.1) is 12.4 Å². The van der Waals surface area contributed by atoms with Crippen LogP contribution in [-0.2, 0) is 10.2 Å². The molecule has 4 nitrogen and oxygen atoms in total. The van der Waals surface area contributed by atoms with E-state index in [-0.39, 0.29) is 18.3 Å². The third kappa shape index (κ3) is 3.73. The lowest BCUT2D eigenvalue weighted by molar-refractivity contribution is -0.122. The summed E-state index contributed by atoms with van der Waals surface area (Å²) in [6.07, 6.45) is 5.28. The molecule has 0 atom stereocenters. The summed E-state index contributed by atoms with van der Waals surface area (Å²) in [5, 5.41) is 2.24. The van der Waals surface area contributed by atoms with Crippen molar-refractivity contribution in [2.45, 2.75) is 25.7 Å². The molecule has 3 heterocycles. The van der Waals surface area contributed by atoms with Gasteiger partial charge >= 0.3 is 0 Å². The Morgan fingerprint density at radius 1 is 1.09 bits per heavy atom. The number of aromatic amines is 1. The molecule has 0 aliphatic carbocycles. The predicted octanol–water partition coefficient (Wildman–Crippen LogP) is 6.31. The van der Waals surface area contributed by atoms with Crippen molar-refractivity contribution in [3.8, 4) is 0 Å². The number of amides is 1. The number of benzene rings is 2. The van der Waals surface area contributed by atoms with Gasteiger partial charge in [0.15, 0.2) is 0 Å². The van der Waals surface area contributed by atoms with E-state index < -0.39 is 5.41 Å². The molecule has 0 bridgehead atoms. The number of H-pyrrole nitrogens is 1. The summed E-state index contributed by atoms with van der Waals surface area (Å²) in [4.78, 5) is 20.7. The molecule has 2 aromatic carbocycles. The second-order valence-electron chi connectivity index (χ2n) is 8.87. The van der Waals surface area contributed by atoms with Gasteiger partial charge < -0.3 is 9.88 Å². The highest BCUT2D eigenvalue weighted by atomic mass is 35.5.